The number of hydrogen-bond acceptors (Lipinski definition) is 2. The third-order valence-corrected chi connectivity index (χ3v) is 4.51. The van der Waals surface area contributed by atoms with Crippen molar-refractivity contribution in [1.29, 1.82) is 0 Å². The molecule has 1 radical (unpaired) electrons. The summed E-state index contributed by atoms with van der Waals surface area (Å²) in [5.41, 5.74) is 1.46. The van der Waals surface area contributed by atoms with E-state index in [-0.39, 0.29) is 25.5 Å². The Labute approximate surface area is 126 Å². The Morgan fingerprint density at radius 3 is 2.78 bits per heavy atom. The van der Waals surface area contributed by atoms with Gasteiger partial charge in [0.2, 0.25) is 0 Å². The number of fused-ring (bicyclic) bond motifs is 1. The molecule has 1 nitrogen and oxygen atoms in total. The third kappa shape index (κ3) is 2.45. The largest absolute Gasteiger partial charge is 0.335 e. The van der Waals surface area contributed by atoms with Gasteiger partial charge in [-0.05, 0) is 33.5 Å². The van der Waals surface area contributed by atoms with E-state index in [2.05, 4.69) is 44.2 Å². The van der Waals surface area contributed by atoms with Gasteiger partial charge in [-0.1, -0.05) is 26.0 Å². The summed E-state index contributed by atoms with van der Waals surface area (Å²) in [6.07, 6.45) is 2.44. The maximum absolute atomic E-state index is 4.74. The van der Waals surface area contributed by atoms with Gasteiger partial charge < -0.3 is 4.99 Å². The fraction of sp³-hybridized carbons (Fsp3) is 0.400. The van der Waals surface area contributed by atoms with Gasteiger partial charge in [0.15, 0.2) is 0 Å². The van der Waals surface area contributed by atoms with Gasteiger partial charge in [0.1, 0.15) is 0 Å². The first-order valence-electron chi connectivity index (χ1n) is 6.13. The van der Waals surface area contributed by atoms with Gasteiger partial charge in [-0.15, -0.1) is 23.6 Å². The molecule has 0 bridgehead atoms. The third-order valence-electron chi connectivity index (χ3n) is 3.43. The van der Waals surface area contributed by atoms with Crippen LogP contribution in [0.5, 0.6) is 0 Å². The molecule has 0 atom stereocenters. The van der Waals surface area contributed by atoms with E-state index in [0.29, 0.717) is 0 Å². The molecule has 1 aliphatic heterocycles. The molecule has 0 saturated heterocycles. The Balaban J connectivity index is 0.00000120. The molecule has 0 spiro atoms. The number of thiophene rings is 1. The van der Waals surface area contributed by atoms with Gasteiger partial charge in [-0.2, -0.15) is 0 Å². The molecule has 3 heteroatoms. The van der Waals surface area contributed by atoms with Gasteiger partial charge in [0.25, 0.3) is 0 Å². The van der Waals surface area contributed by atoms with Crippen molar-refractivity contribution >= 4 is 27.1 Å². The average Bonchev–Trinajstić information content (AvgIpc) is 2.71. The molecule has 0 N–H and O–H groups in total. The van der Waals surface area contributed by atoms with Crippen LogP contribution < -0.4 is 0 Å². The molecule has 97 valence electrons. The Hall–Kier alpha value is -0.501. The van der Waals surface area contributed by atoms with Gasteiger partial charge in [0.05, 0.1) is 0 Å². The van der Waals surface area contributed by atoms with Crippen LogP contribution in [0.25, 0.3) is 10.1 Å². The predicted molar refractivity (Wildman–Crippen MR) is 75.1 cm³/mol. The van der Waals surface area contributed by atoms with Crippen LogP contribution in [0.2, 0.25) is 0 Å². The monoisotopic (exact) mass is 435 g/mol. The van der Waals surface area contributed by atoms with Crippen molar-refractivity contribution in [3.05, 3.63) is 35.2 Å². The molecule has 2 aromatic rings. The predicted octanol–water partition coefficient (Wildman–Crippen LogP) is 4.31. The van der Waals surface area contributed by atoms with Crippen LogP contribution in [0.4, 0.5) is 0 Å². The molecule has 1 aromatic carbocycles. The topological polar surface area (TPSA) is 12.4 Å². The van der Waals surface area contributed by atoms with Gasteiger partial charge in [-0.25, -0.2) is 11.3 Å². The molecule has 0 amide bonds. The number of hydrogen-bond donors (Lipinski definition) is 0. The van der Waals surface area contributed by atoms with Gasteiger partial charge >= 0.3 is 0 Å². The van der Waals surface area contributed by atoms with Crippen molar-refractivity contribution in [2.45, 2.75) is 26.7 Å². The zero-order valence-corrected chi connectivity index (χ0v) is 13.8. The molecule has 1 aromatic heterocycles. The first-order valence-corrected chi connectivity index (χ1v) is 6.95. The zero-order chi connectivity index (χ0) is 11.9. The summed E-state index contributed by atoms with van der Waals surface area (Å²) in [6.45, 7) is 5.56. The second-order valence-corrected chi connectivity index (χ2v) is 6.32. The summed E-state index contributed by atoms with van der Waals surface area (Å²) < 4.78 is 1.31. The van der Waals surface area contributed by atoms with E-state index in [4.69, 9.17) is 4.99 Å². The molecule has 0 saturated carbocycles. The Morgan fingerprint density at radius 2 is 2.06 bits per heavy atom. The average molecular weight is 435 g/mol. The van der Waals surface area contributed by atoms with Gasteiger partial charge in [0, 0.05) is 26.7 Å². The Morgan fingerprint density at radius 1 is 1.28 bits per heavy atom. The second kappa shape index (κ2) is 5.24. The molecule has 3 rings (SSSR count). The quantitative estimate of drug-likeness (QED) is 0.593. The molecule has 0 fully saturated rings. The minimum absolute atomic E-state index is 0. The van der Waals surface area contributed by atoms with Crippen molar-refractivity contribution in [2.24, 2.45) is 10.4 Å². The molecular weight excluding hydrogens is 418 g/mol. The van der Waals surface area contributed by atoms with E-state index < -0.39 is 0 Å². The van der Waals surface area contributed by atoms with E-state index in [1.54, 1.807) is 0 Å². The number of rotatable bonds is 1. The fourth-order valence-electron chi connectivity index (χ4n) is 2.45. The minimum atomic E-state index is 0. The van der Waals surface area contributed by atoms with Crippen molar-refractivity contribution in [1.82, 2.24) is 0 Å². The zero-order valence-electron chi connectivity index (χ0n) is 10.6. The molecule has 18 heavy (non-hydrogen) atoms. The van der Waals surface area contributed by atoms with Crippen molar-refractivity contribution in [3.63, 3.8) is 0 Å². The molecule has 0 aliphatic carbocycles. The van der Waals surface area contributed by atoms with Crippen LogP contribution in [0, 0.1) is 11.5 Å². The molecule has 0 unspecified atom stereocenters. The van der Waals surface area contributed by atoms with E-state index >= 15 is 0 Å². The summed E-state index contributed by atoms with van der Waals surface area (Å²) in [6, 6.07) is 12.0. The van der Waals surface area contributed by atoms with Crippen LogP contribution in [-0.4, -0.2) is 12.3 Å². The summed E-state index contributed by atoms with van der Waals surface area (Å²) in [7, 11) is 0. The van der Waals surface area contributed by atoms with Crippen molar-refractivity contribution in [2.75, 3.05) is 6.54 Å². The van der Waals surface area contributed by atoms with E-state index in [0.717, 1.165) is 6.54 Å². The molecular formula is C15H16IrNS-. The summed E-state index contributed by atoms with van der Waals surface area (Å²) >= 11 is 1.82. The van der Waals surface area contributed by atoms with E-state index in [1.165, 1.54) is 33.5 Å². The Bertz CT molecular complexity index is 550. The van der Waals surface area contributed by atoms with Crippen molar-refractivity contribution in [3.8, 4) is 0 Å². The smallest absolute Gasteiger partial charge is 0.0286 e. The van der Waals surface area contributed by atoms with Crippen LogP contribution in [0.3, 0.4) is 0 Å². The van der Waals surface area contributed by atoms with E-state index in [1.807, 2.05) is 11.3 Å². The van der Waals surface area contributed by atoms with E-state index in [9.17, 15) is 0 Å². The summed E-state index contributed by atoms with van der Waals surface area (Å²) in [5, 5.41) is 1.22. The summed E-state index contributed by atoms with van der Waals surface area (Å²) in [5.74, 6) is 0. The van der Waals surface area contributed by atoms with Crippen LogP contribution in [-0.2, 0) is 20.1 Å². The first kappa shape index (κ1) is 13.9. The fourth-order valence-corrected chi connectivity index (χ4v) is 3.64. The molecule has 1 aliphatic rings. The SMILES string of the molecule is CC1(C)CCCN=C1c1[c-]c2ccccc2s1.[Ir]. The summed E-state index contributed by atoms with van der Waals surface area (Å²) in [4.78, 5) is 5.98. The first-order chi connectivity index (χ1) is 8.17. The van der Waals surface area contributed by atoms with Crippen molar-refractivity contribution < 1.29 is 20.1 Å². The maximum Gasteiger partial charge on any atom is 0.0286 e. The van der Waals surface area contributed by atoms with Gasteiger partial charge in [-0.3, -0.25) is 0 Å². The molecule has 2 heterocycles. The number of nitrogens with zero attached hydrogens (tertiary/aromatic N) is 1. The standard InChI is InChI=1S/C15H16NS.Ir/c1-15(2)8-5-9-16-14(15)13-10-11-6-3-4-7-12(11)17-13;/h3-4,6-7H,5,8-9H2,1-2H3;/q-1;. The van der Waals surface area contributed by atoms with Crippen LogP contribution in [0.1, 0.15) is 31.6 Å². The normalized spacial score (nSPS) is 18.2. The maximum atomic E-state index is 4.74. The Kier molecular flexibility index (Phi) is 4.05. The van der Waals surface area contributed by atoms with Crippen LogP contribution >= 0.6 is 11.3 Å². The van der Waals surface area contributed by atoms with Crippen LogP contribution in [0.15, 0.2) is 29.3 Å². The minimum Gasteiger partial charge on any atom is -0.335 e. The number of benzene rings is 1. The number of aliphatic imine (C=N–C) groups is 1. The second-order valence-electron chi connectivity index (χ2n) is 5.27.